The minimum atomic E-state index is -1.00. The van der Waals surface area contributed by atoms with Crippen molar-refractivity contribution in [1.29, 1.82) is 0 Å². The molecule has 10 heteroatoms. The van der Waals surface area contributed by atoms with Gasteiger partial charge in [0.25, 0.3) is 5.78 Å². The monoisotopic (exact) mass is 548 g/mol. The number of carbonyl (C=O) groups is 3. The van der Waals surface area contributed by atoms with Crippen LogP contribution in [-0.2, 0) is 20.7 Å². The largest absolute Gasteiger partial charge is 0.507 e. The van der Waals surface area contributed by atoms with Gasteiger partial charge in [-0.15, -0.1) is 0 Å². The molecule has 1 aromatic heterocycles. The van der Waals surface area contributed by atoms with Crippen LogP contribution in [0.2, 0.25) is 0 Å². The second kappa shape index (κ2) is 10.5. The summed E-state index contributed by atoms with van der Waals surface area (Å²) in [7, 11) is 1.26. The van der Waals surface area contributed by atoms with Crippen molar-refractivity contribution in [2.24, 2.45) is 0 Å². The van der Waals surface area contributed by atoms with E-state index in [1.54, 1.807) is 49.4 Å². The van der Waals surface area contributed by atoms with Gasteiger partial charge in [0.2, 0.25) is 0 Å². The molecule has 1 saturated heterocycles. The summed E-state index contributed by atoms with van der Waals surface area (Å²) in [6.45, 7) is 6.07. The second-order valence-corrected chi connectivity index (χ2v) is 10.4. The van der Waals surface area contributed by atoms with Crippen LogP contribution in [0.5, 0.6) is 11.5 Å². The molecule has 202 valence electrons. The first-order chi connectivity index (χ1) is 18.7. The Balaban J connectivity index is 1.67. The van der Waals surface area contributed by atoms with Gasteiger partial charge in [0, 0.05) is 12.0 Å². The number of ether oxygens (including phenoxy) is 3. The fraction of sp³-hybridized carbons (Fsp3) is 0.310. The van der Waals surface area contributed by atoms with E-state index in [-0.39, 0.29) is 27.4 Å². The third-order valence-electron chi connectivity index (χ3n) is 6.62. The Hall–Kier alpha value is -4.18. The number of aliphatic hydroxyl groups excluding tert-OH is 1. The second-order valence-electron chi connectivity index (χ2n) is 9.45. The van der Waals surface area contributed by atoms with Crippen molar-refractivity contribution >= 4 is 39.9 Å². The van der Waals surface area contributed by atoms with Gasteiger partial charge in [-0.25, -0.2) is 9.78 Å². The molecule has 0 radical (unpaired) electrons. The van der Waals surface area contributed by atoms with Gasteiger partial charge in [0.05, 0.1) is 31.0 Å². The molecule has 0 aliphatic carbocycles. The normalized spacial score (nSPS) is 19.6. The number of thiazole rings is 1. The molecule has 2 atom stereocenters. The predicted molar refractivity (Wildman–Crippen MR) is 145 cm³/mol. The number of carbonyl (C=O) groups excluding carboxylic acids is 3. The molecule has 1 amide bonds. The molecular weight excluding hydrogens is 520 g/mol. The van der Waals surface area contributed by atoms with E-state index >= 15 is 0 Å². The number of hydrogen-bond donors (Lipinski definition) is 1. The summed E-state index contributed by atoms with van der Waals surface area (Å²) < 4.78 is 16.4. The zero-order chi connectivity index (χ0) is 27.8. The molecular formula is C29H28N2O7S. The number of aromatic nitrogens is 1. The van der Waals surface area contributed by atoms with Crippen molar-refractivity contribution in [3.8, 4) is 11.5 Å². The Labute approximate surface area is 229 Å². The minimum absolute atomic E-state index is 0.00554. The zero-order valence-electron chi connectivity index (χ0n) is 22.0. The lowest BCUT2D eigenvalue weighted by molar-refractivity contribution is -0.132. The number of aryl methyl sites for hydroxylation is 1. The van der Waals surface area contributed by atoms with Gasteiger partial charge in [0.1, 0.15) is 28.2 Å². The molecule has 1 fully saturated rings. The standard InChI is InChI=1S/C29H28N2O7S/c1-5-11-37-20-8-6-7-17(14-20)23-22(24(32)18-9-10-21-19(13-18)12-15(2)38-21)25(33)27(34)31(23)29-30-16(3)26(39-29)28(35)36-4/h6-10,13-15,23,32H,5,11-12H2,1-4H3. The van der Waals surface area contributed by atoms with Gasteiger partial charge < -0.3 is 19.3 Å². The highest BCUT2D eigenvalue weighted by atomic mass is 32.1. The van der Waals surface area contributed by atoms with Crippen molar-refractivity contribution in [1.82, 2.24) is 4.98 Å². The molecule has 2 unspecified atom stereocenters. The molecule has 0 bridgehead atoms. The van der Waals surface area contributed by atoms with Gasteiger partial charge in [-0.3, -0.25) is 14.5 Å². The maximum atomic E-state index is 13.5. The summed E-state index contributed by atoms with van der Waals surface area (Å²) in [5.74, 6) is -1.31. The summed E-state index contributed by atoms with van der Waals surface area (Å²) in [5.41, 5.74) is 2.15. The molecule has 3 aromatic rings. The smallest absolute Gasteiger partial charge is 0.350 e. The van der Waals surface area contributed by atoms with Crippen molar-refractivity contribution in [2.45, 2.75) is 45.8 Å². The van der Waals surface area contributed by atoms with Crippen LogP contribution in [0.3, 0.4) is 0 Å². The summed E-state index contributed by atoms with van der Waals surface area (Å²) in [5, 5.41) is 11.7. The van der Waals surface area contributed by atoms with Crippen LogP contribution in [0.1, 0.15) is 58.4 Å². The Morgan fingerprint density at radius 1 is 1.23 bits per heavy atom. The van der Waals surface area contributed by atoms with E-state index in [4.69, 9.17) is 14.2 Å². The Kier molecular flexibility index (Phi) is 7.14. The van der Waals surface area contributed by atoms with Crippen LogP contribution < -0.4 is 14.4 Å². The molecule has 1 N–H and O–H groups in total. The number of esters is 1. The van der Waals surface area contributed by atoms with Crippen LogP contribution in [0.25, 0.3) is 5.76 Å². The molecule has 2 aliphatic rings. The lowest BCUT2D eigenvalue weighted by atomic mass is 9.94. The average molecular weight is 549 g/mol. The number of anilines is 1. The van der Waals surface area contributed by atoms with Crippen LogP contribution in [0, 0.1) is 6.92 Å². The lowest BCUT2D eigenvalue weighted by Gasteiger charge is -2.23. The quantitative estimate of drug-likeness (QED) is 0.190. The number of fused-ring (bicyclic) bond motifs is 1. The number of benzene rings is 2. The van der Waals surface area contributed by atoms with Gasteiger partial charge in [-0.05, 0) is 61.7 Å². The van der Waals surface area contributed by atoms with Crippen LogP contribution in [0.15, 0.2) is 48.0 Å². The van der Waals surface area contributed by atoms with E-state index < -0.39 is 23.7 Å². The summed E-state index contributed by atoms with van der Waals surface area (Å²) in [4.78, 5) is 45.2. The number of rotatable bonds is 7. The number of amides is 1. The van der Waals surface area contributed by atoms with Crippen molar-refractivity contribution in [3.63, 3.8) is 0 Å². The minimum Gasteiger partial charge on any atom is -0.507 e. The first-order valence-corrected chi connectivity index (χ1v) is 13.4. The SMILES string of the molecule is CCCOc1cccc(C2C(=C(O)c3ccc4c(c3)CC(C)O4)C(=O)C(=O)N2c2nc(C)c(C(=O)OC)s2)c1. The van der Waals surface area contributed by atoms with Gasteiger partial charge in [0.15, 0.2) is 5.13 Å². The van der Waals surface area contributed by atoms with E-state index in [0.29, 0.717) is 35.6 Å². The van der Waals surface area contributed by atoms with E-state index in [9.17, 15) is 19.5 Å². The highest BCUT2D eigenvalue weighted by molar-refractivity contribution is 7.17. The number of Topliss-reactive ketones (excluding diaryl/α,β-unsaturated/α-hetero) is 1. The van der Waals surface area contributed by atoms with Crippen LogP contribution in [0.4, 0.5) is 5.13 Å². The van der Waals surface area contributed by atoms with Crippen LogP contribution >= 0.6 is 11.3 Å². The molecule has 2 aliphatic heterocycles. The molecule has 5 rings (SSSR count). The van der Waals surface area contributed by atoms with Gasteiger partial charge in [-0.2, -0.15) is 0 Å². The zero-order valence-corrected chi connectivity index (χ0v) is 22.8. The third kappa shape index (κ3) is 4.76. The number of ketones is 1. The molecule has 39 heavy (non-hydrogen) atoms. The van der Waals surface area contributed by atoms with Gasteiger partial charge in [-0.1, -0.05) is 30.4 Å². The lowest BCUT2D eigenvalue weighted by Crippen LogP contribution is -2.29. The van der Waals surface area contributed by atoms with Crippen molar-refractivity contribution in [3.05, 3.63) is 75.3 Å². The average Bonchev–Trinajstić information content (AvgIpc) is 3.58. The Bertz CT molecular complexity index is 1510. The fourth-order valence-electron chi connectivity index (χ4n) is 4.83. The van der Waals surface area contributed by atoms with Crippen molar-refractivity contribution < 1.29 is 33.7 Å². The first kappa shape index (κ1) is 26.4. The molecule has 3 heterocycles. The summed E-state index contributed by atoms with van der Waals surface area (Å²) >= 11 is 0.953. The molecule has 9 nitrogen and oxygen atoms in total. The maximum absolute atomic E-state index is 13.5. The number of aliphatic hydroxyl groups is 1. The highest BCUT2D eigenvalue weighted by Gasteiger charge is 2.48. The highest BCUT2D eigenvalue weighted by Crippen LogP contribution is 2.45. The first-order valence-electron chi connectivity index (χ1n) is 12.6. The van der Waals surface area contributed by atoms with Crippen LogP contribution in [-0.4, -0.2) is 47.6 Å². The Morgan fingerprint density at radius 2 is 2.03 bits per heavy atom. The van der Waals surface area contributed by atoms with E-state index in [1.807, 2.05) is 13.8 Å². The fourth-order valence-corrected chi connectivity index (χ4v) is 5.84. The molecule has 2 aromatic carbocycles. The Morgan fingerprint density at radius 3 is 2.77 bits per heavy atom. The third-order valence-corrected chi connectivity index (χ3v) is 7.76. The summed E-state index contributed by atoms with van der Waals surface area (Å²) in [6, 6.07) is 11.3. The van der Waals surface area contributed by atoms with Gasteiger partial charge >= 0.3 is 11.9 Å². The number of hydrogen-bond acceptors (Lipinski definition) is 9. The maximum Gasteiger partial charge on any atom is 0.350 e. The number of methoxy groups -OCH3 is 1. The molecule has 0 spiro atoms. The predicted octanol–water partition coefficient (Wildman–Crippen LogP) is 4.98. The summed E-state index contributed by atoms with van der Waals surface area (Å²) in [6.07, 6.45) is 1.48. The van der Waals surface area contributed by atoms with E-state index in [0.717, 1.165) is 29.1 Å². The van der Waals surface area contributed by atoms with E-state index in [1.165, 1.54) is 12.0 Å². The number of nitrogens with zero attached hydrogens (tertiary/aromatic N) is 2. The van der Waals surface area contributed by atoms with Crippen molar-refractivity contribution in [2.75, 3.05) is 18.6 Å². The molecule has 0 saturated carbocycles. The topological polar surface area (TPSA) is 115 Å². The van der Waals surface area contributed by atoms with E-state index in [2.05, 4.69) is 4.98 Å².